The fraction of sp³-hybridized carbons (Fsp3) is 0.211. The molecule has 0 aliphatic carbocycles. The summed E-state index contributed by atoms with van der Waals surface area (Å²) in [6, 6.07) is 13.1. The molecule has 0 fully saturated rings. The largest absolute Gasteiger partial charge is 0.497 e. The van der Waals surface area contributed by atoms with Crippen LogP contribution in [0, 0.1) is 0 Å². The van der Waals surface area contributed by atoms with Crippen molar-refractivity contribution in [1.29, 1.82) is 0 Å². The maximum absolute atomic E-state index is 12.1. The highest BCUT2D eigenvalue weighted by Crippen LogP contribution is 2.33. The molecule has 1 heterocycles. The number of hydrogen-bond donors (Lipinski definition) is 1. The minimum Gasteiger partial charge on any atom is -0.497 e. The molecule has 0 spiro atoms. The summed E-state index contributed by atoms with van der Waals surface area (Å²) in [6.45, 7) is 2.32. The van der Waals surface area contributed by atoms with Gasteiger partial charge in [-0.15, -0.1) is 5.10 Å². The quantitative estimate of drug-likeness (QED) is 0.568. The van der Waals surface area contributed by atoms with Crippen molar-refractivity contribution in [1.82, 2.24) is 15.4 Å². The van der Waals surface area contributed by atoms with Crippen molar-refractivity contribution < 1.29 is 19.0 Å². The number of ether oxygens (including phenoxy) is 3. The Kier molecular flexibility index (Phi) is 6.08. The number of aromatic amines is 1. The molecule has 0 bridgehead atoms. The van der Waals surface area contributed by atoms with Crippen LogP contribution in [0.25, 0.3) is 11.3 Å². The van der Waals surface area contributed by atoms with Gasteiger partial charge < -0.3 is 14.2 Å². The maximum Gasteiger partial charge on any atom is 0.361 e. The summed E-state index contributed by atoms with van der Waals surface area (Å²) in [5.41, 5.74) is 2.06. The summed E-state index contributed by atoms with van der Waals surface area (Å²) < 4.78 is 17.1. The average molecular weight is 432 g/mol. The Morgan fingerprint density at radius 1 is 1.19 bits per heavy atom. The van der Waals surface area contributed by atoms with E-state index in [1.807, 2.05) is 42.5 Å². The molecule has 1 N–H and O–H groups in total. The van der Waals surface area contributed by atoms with Gasteiger partial charge in [0.25, 0.3) is 0 Å². The van der Waals surface area contributed by atoms with Crippen LogP contribution in [0.1, 0.15) is 23.0 Å². The molecule has 0 saturated carbocycles. The van der Waals surface area contributed by atoms with Gasteiger partial charge in [-0.25, -0.2) is 4.79 Å². The van der Waals surface area contributed by atoms with Gasteiger partial charge in [-0.2, -0.15) is 10.3 Å². The van der Waals surface area contributed by atoms with Crippen molar-refractivity contribution >= 4 is 21.9 Å². The van der Waals surface area contributed by atoms with Gasteiger partial charge in [0.05, 0.1) is 13.7 Å². The summed E-state index contributed by atoms with van der Waals surface area (Å²) in [5, 5.41) is 10.5. The molecule has 0 aliphatic heterocycles. The molecule has 0 aliphatic rings. The third-order valence-electron chi connectivity index (χ3n) is 3.74. The molecule has 0 amide bonds. The molecule has 140 valence electrons. The maximum atomic E-state index is 12.1. The van der Waals surface area contributed by atoms with Crippen molar-refractivity contribution in [2.24, 2.45) is 0 Å². The first-order chi connectivity index (χ1) is 13.1. The predicted octanol–water partition coefficient (Wildman–Crippen LogP) is 4.00. The highest BCUT2D eigenvalue weighted by atomic mass is 79.9. The van der Waals surface area contributed by atoms with Gasteiger partial charge in [-0.3, -0.25) is 0 Å². The van der Waals surface area contributed by atoms with Crippen LogP contribution in [-0.4, -0.2) is 35.1 Å². The van der Waals surface area contributed by atoms with Crippen LogP contribution in [0.3, 0.4) is 0 Å². The molecule has 0 unspecified atom stereocenters. The number of H-pyrrole nitrogens is 1. The second-order valence-corrected chi connectivity index (χ2v) is 6.44. The minimum absolute atomic E-state index is 0.112. The fourth-order valence-electron chi connectivity index (χ4n) is 2.50. The van der Waals surface area contributed by atoms with Gasteiger partial charge in [-0.05, 0) is 42.8 Å². The molecule has 2 aromatic carbocycles. The summed E-state index contributed by atoms with van der Waals surface area (Å²) in [5.74, 6) is 0.786. The van der Waals surface area contributed by atoms with Crippen molar-refractivity contribution in [2.45, 2.75) is 13.5 Å². The van der Waals surface area contributed by atoms with Crippen LogP contribution < -0.4 is 9.47 Å². The van der Waals surface area contributed by atoms with E-state index >= 15 is 0 Å². The van der Waals surface area contributed by atoms with Crippen molar-refractivity contribution in [3.63, 3.8) is 0 Å². The lowest BCUT2D eigenvalue weighted by atomic mass is 10.1. The molecule has 0 radical (unpaired) electrons. The SMILES string of the molecule is CCOC(=O)c1n[nH]nc1-c1cc(Br)ccc1OCc1cccc(OC)c1. The van der Waals surface area contributed by atoms with Crippen molar-refractivity contribution in [3.05, 3.63) is 58.2 Å². The van der Waals surface area contributed by atoms with E-state index in [9.17, 15) is 4.79 Å². The van der Waals surface area contributed by atoms with Gasteiger partial charge in [0, 0.05) is 10.0 Å². The zero-order chi connectivity index (χ0) is 19.2. The third kappa shape index (κ3) is 4.46. The number of nitrogens with one attached hydrogen (secondary N) is 1. The number of carbonyl (C=O) groups excluding carboxylic acids is 1. The number of nitrogens with zero attached hydrogens (tertiary/aromatic N) is 2. The summed E-state index contributed by atoms with van der Waals surface area (Å²) >= 11 is 3.44. The number of hydrogen-bond acceptors (Lipinski definition) is 6. The molecule has 0 saturated heterocycles. The monoisotopic (exact) mass is 431 g/mol. The molecule has 8 heteroatoms. The summed E-state index contributed by atoms with van der Waals surface area (Å²) in [6.07, 6.45) is 0. The average Bonchev–Trinajstić information content (AvgIpc) is 3.17. The number of carbonyl (C=O) groups is 1. The lowest BCUT2D eigenvalue weighted by Crippen LogP contribution is -2.07. The van der Waals surface area contributed by atoms with Crippen LogP contribution >= 0.6 is 15.9 Å². The van der Waals surface area contributed by atoms with Gasteiger partial charge in [0.1, 0.15) is 23.8 Å². The minimum atomic E-state index is -0.542. The smallest absolute Gasteiger partial charge is 0.361 e. The van der Waals surface area contributed by atoms with E-state index in [0.29, 0.717) is 23.6 Å². The Morgan fingerprint density at radius 2 is 2.04 bits per heavy atom. The number of benzene rings is 2. The van der Waals surface area contributed by atoms with Crippen LogP contribution in [0.4, 0.5) is 0 Å². The lowest BCUT2D eigenvalue weighted by Gasteiger charge is -2.12. The first kappa shape index (κ1) is 18.9. The van der Waals surface area contributed by atoms with Crippen molar-refractivity contribution in [3.8, 4) is 22.8 Å². The third-order valence-corrected chi connectivity index (χ3v) is 4.24. The molecule has 27 heavy (non-hydrogen) atoms. The summed E-state index contributed by atoms with van der Waals surface area (Å²) in [7, 11) is 1.62. The van der Waals surface area contributed by atoms with Crippen LogP contribution in [0.2, 0.25) is 0 Å². The Balaban J connectivity index is 1.90. The zero-order valence-electron chi connectivity index (χ0n) is 14.9. The zero-order valence-corrected chi connectivity index (χ0v) is 16.4. The highest BCUT2D eigenvalue weighted by Gasteiger charge is 2.22. The van der Waals surface area contributed by atoms with Crippen LogP contribution in [0.5, 0.6) is 11.5 Å². The van der Waals surface area contributed by atoms with E-state index in [4.69, 9.17) is 14.2 Å². The first-order valence-electron chi connectivity index (χ1n) is 8.26. The standard InChI is InChI=1S/C19H18BrN3O4/c1-3-26-19(24)18-17(21-23-22-18)15-10-13(20)7-8-16(15)27-11-12-5-4-6-14(9-12)25-2/h4-10H,3,11H2,1-2H3,(H,21,22,23). The Hall–Kier alpha value is -2.87. The number of rotatable bonds is 7. The van der Waals surface area contributed by atoms with E-state index in [1.165, 1.54) is 0 Å². The molecule has 1 aromatic heterocycles. The van der Waals surface area contributed by atoms with E-state index in [0.717, 1.165) is 15.8 Å². The number of esters is 1. The molecule has 3 rings (SSSR count). The predicted molar refractivity (Wildman–Crippen MR) is 103 cm³/mol. The first-order valence-corrected chi connectivity index (χ1v) is 9.05. The number of aromatic nitrogens is 3. The Bertz CT molecular complexity index is 942. The van der Waals surface area contributed by atoms with Gasteiger partial charge >= 0.3 is 5.97 Å². The number of halogens is 1. The Labute approximate surface area is 164 Å². The van der Waals surface area contributed by atoms with E-state index in [2.05, 4.69) is 31.3 Å². The lowest BCUT2D eigenvalue weighted by molar-refractivity contribution is 0.0520. The molecule has 3 aromatic rings. The molecule has 0 atom stereocenters. The number of methoxy groups -OCH3 is 1. The van der Waals surface area contributed by atoms with Gasteiger partial charge in [0.15, 0.2) is 5.69 Å². The van der Waals surface area contributed by atoms with E-state index in [1.54, 1.807) is 14.0 Å². The van der Waals surface area contributed by atoms with Gasteiger partial charge in [0.2, 0.25) is 0 Å². The van der Waals surface area contributed by atoms with Crippen molar-refractivity contribution in [2.75, 3.05) is 13.7 Å². The van der Waals surface area contributed by atoms with Crippen LogP contribution in [0.15, 0.2) is 46.9 Å². The fourth-order valence-corrected chi connectivity index (χ4v) is 2.86. The summed E-state index contributed by atoms with van der Waals surface area (Å²) in [4.78, 5) is 12.1. The highest BCUT2D eigenvalue weighted by molar-refractivity contribution is 9.10. The van der Waals surface area contributed by atoms with E-state index < -0.39 is 5.97 Å². The van der Waals surface area contributed by atoms with Crippen LogP contribution in [-0.2, 0) is 11.3 Å². The van der Waals surface area contributed by atoms with Gasteiger partial charge in [-0.1, -0.05) is 28.1 Å². The molecule has 7 nitrogen and oxygen atoms in total. The topological polar surface area (TPSA) is 86.3 Å². The molecular weight excluding hydrogens is 414 g/mol. The molecular formula is C19H18BrN3O4. The Morgan fingerprint density at radius 3 is 2.81 bits per heavy atom. The second kappa shape index (κ2) is 8.68. The second-order valence-electron chi connectivity index (χ2n) is 5.52. The van der Waals surface area contributed by atoms with E-state index in [-0.39, 0.29) is 12.3 Å². The normalized spacial score (nSPS) is 10.5.